The summed E-state index contributed by atoms with van der Waals surface area (Å²) in [6, 6.07) is 27.2. The largest absolute Gasteiger partial charge is 0.497 e. The van der Waals surface area contributed by atoms with Crippen LogP contribution in [0, 0.1) is 0 Å². The minimum atomic E-state index is -0.248. The second-order valence-corrected chi connectivity index (χ2v) is 7.95. The van der Waals surface area contributed by atoms with Crippen LogP contribution in [0.15, 0.2) is 90.6 Å². The molecule has 0 aliphatic carbocycles. The molecule has 0 unspecified atom stereocenters. The van der Waals surface area contributed by atoms with Crippen LogP contribution in [-0.2, 0) is 22.6 Å². The molecule has 3 aromatic carbocycles. The van der Waals surface area contributed by atoms with Crippen molar-refractivity contribution in [2.75, 3.05) is 20.2 Å². The smallest absolute Gasteiger partial charge is 0.277 e. The van der Waals surface area contributed by atoms with E-state index < -0.39 is 0 Å². The molecular formula is C28H28N2O3. The molecule has 0 N–H and O–H groups in total. The lowest BCUT2D eigenvalue weighted by Crippen LogP contribution is -2.36. The van der Waals surface area contributed by atoms with Gasteiger partial charge in [-0.2, -0.15) is 0 Å². The predicted octanol–water partition coefficient (Wildman–Crippen LogP) is 4.54. The first-order chi connectivity index (χ1) is 16.1. The molecule has 33 heavy (non-hydrogen) atoms. The van der Waals surface area contributed by atoms with Gasteiger partial charge in [0, 0.05) is 19.6 Å². The number of benzene rings is 3. The van der Waals surface area contributed by atoms with E-state index >= 15 is 0 Å². The SMILES string of the molecule is CCN(Cc1ccccc1)C1=C(c2ccc(OC)cc2)C(=O)N(CCc2ccccc2)C1=O. The Labute approximate surface area is 194 Å². The van der Waals surface area contributed by atoms with Crippen molar-refractivity contribution in [3.63, 3.8) is 0 Å². The summed E-state index contributed by atoms with van der Waals surface area (Å²) in [5.74, 6) is 0.220. The first-order valence-electron chi connectivity index (χ1n) is 11.2. The van der Waals surface area contributed by atoms with Gasteiger partial charge in [-0.15, -0.1) is 0 Å². The minimum absolute atomic E-state index is 0.237. The summed E-state index contributed by atoms with van der Waals surface area (Å²) in [6.45, 7) is 3.51. The lowest BCUT2D eigenvalue weighted by molar-refractivity contribution is -0.137. The van der Waals surface area contributed by atoms with Crippen molar-refractivity contribution in [3.05, 3.63) is 107 Å². The zero-order valence-electron chi connectivity index (χ0n) is 19.0. The second kappa shape index (κ2) is 10.2. The lowest BCUT2D eigenvalue weighted by Gasteiger charge is -2.25. The molecule has 5 heteroatoms. The van der Waals surface area contributed by atoms with Crippen molar-refractivity contribution in [1.29, 1.82) is 0 Å². The Hall–Kier alpha value is -3.86. The number of likely N-dealkylation sites (N-methyl/N-ethyl adjacent to an activating group) is 1. The summed E-state index contributed by atoms with van der Waals surface area (Å²) in [5.41, 5.74) is 3.81. The van der Waals surface area contributed by atoms with Crippen LogP contribution in [0.2, 0.25) is 0 Å². The molecule has 1 aliphatic rings. The second-order valence-electron chi connectivity index (χ2n) is 7.95. The fraction of sp³-hybridized carbons (Fsp3) is 0.214. The molecule has 0 radical (unpaired) electrons. The average molecular weight is 441 g/mol. The number of imide groups is 1. The third kappa shape index (κ3) is 4.82. The Balaban J connectivity index is 1.69. The van der Waals surface area contributed by atoms with Gasteiger partial charge in [0.1, 0.15) is 11.4 Å². The number of nitrogens with zero attached hydrogens (tertiary/aromatic N) is 2. The number of ether oxygens (including phenoxy) is 1. The number of carbonyl (C=O) groups is 2. The Bertz CT molecular complexity index is 1140. The Kier molecular flexibility index (Phi) is 6.89. The quantitative estimate of drug-likeness (QED) is 0.459. The van der Waals surface area contributed by atoms with Crippen LogP contribution in [0.5, 0.6) is 5.75 Å². The normalized spacial score (nSPS) is 13.6. The monoisotopic (exact) mass is 440 g/mol. The molecule has 2 amide bonds. The van der Waals surface area contributed by atoms with Crippen molar-refractivity contribution in [3.8, 4) is 5.75 Å². The maximum Gasteiger partial charge on any atom is 0.277 e. The van der Waals surface area contributed by atoms with Crippen LogP contribution in [0.25, 0.3) is 5.57 Å². The fourth-order valence-electron chi connectivity index (χ4n) is 4.12. The highest BCUT2D eigenvalue weighted by Crippen LogP contribution is 2.33. The van der Waals surface area contributed by atoms with E-state index in [1.807, 2.05) is 96.8 Å². The predicted molar refractivity (Wildman–Crippen MR) is 129 cm³/mol. The van der Waals surface area contributed by atoms with E-state index in [1.165, 1.54) is 4.90 Å². The molecular weight excluding hydrogens is 412 g/mol. The van der Waals surface area contributed by atoms with Crippen LogP contribution in [0.4, 0.5) is 0 Å². The molecule has 0 fully saturated rings. The van der Waals surface area contributed by atoms with Gasteiger partial charge in [-0.1, -0.05) is 72.8 Å². The molecule has 1 heterocycles. The summed E-state index contributed by atoms with van der Waals surface area (Å²) < 4.78 is 5.27. The van der Waals surface area contributed by atoms with Gasteiger partial charge in [0.2, 0.25) is 0 Å². The van der Waals surface area contributed by atoms with Gasteiger partial charge in [-0.25, -0.2) is 0 Å². The third-order valence-electron chi connectivity index (χ3n) is 5.90. The number of carbonyl (C=O) groups excluding carboxylic acids is 2. The molecule has 0 spiro atoms. The van der Waals surface area contributed by atoms with Crippen LogP contribution >= 0.6 is 0 Å². The van der Waals surface area contributed by atoms with Gasteiger partial charge >= 0.3 is 0 Å². The molecule has 168 valence electrons. The number of hydrogen-bond donors (Lipinski definition) is 0. The molecule has 0 saturated carbocycles. The summed E-state index contributed by atoms with van der Waals surface area (Å²) >= 11 is 0. The van der Waals surface area contributed by atoms with Crippen LogP contribution in [-0.4, -0.2) is 41.8 Å². The van der Waals surface area contributed by atoms with E-state index in [0.717, 1.165) is 16.7 Å². The van der Waals surface area contributed by atoms with E-state index in [2.05, 4.69) is 0 Å². The molecule has 0 aromatic heterocycles. The number of hydrogen-bond acceptors (Lipinski definition) is 4. The van der Waals surface area contributed by atoms with E-state index in [1.54, 1.807) is 7.11 Å². The molecule has 0 atom stereocenters. The Morgan fingerprint density at radius 3 is 1.97 bits per heavy atom. The number of methoxy groups -OCH3 is 1. The van der Waals surface area contributed by atoms with E-state index in [4.69, 9.17) is 4.74 Å². The zero-order valence-corrected chi connectivity index (χ0v) is 19.0. The highest BCUT2D eigenvalue weighted by atomic mass is 16.5. The highest BCUT2D eigenvalue weighted by Gasteiger charge is 2.41. The molecule has 1 aliphatic heterocycles. The summed E-state index contributed by atoms with van der Waals surface area (Å²) in [7, 11) is 1.61. The molecule has 4 rings (SSSR count). The Morgan fingerprint density at radius 1 is 0.788 bits per heavy atom. The van der Waals surface area contributed by atoms with Crippen molar-refractivity contribution >= 4 is 17.4 Å². The number of amides is 2. The lowest BCUT2D eigenvalue weighted by atomic mass is 10.0. The van der Waals surface area contributed by atoms with E-state index in [-0.39, 0.29) is 11.8 Å². The zero-order chi connectivity index (χ0) is 23.2. The van der Waals surface area contributed by atoms with Gasteiger partial charge in [0.05, 0.1) is 12.7 Å². The van der Waals surface area contributed by atoms with Crippen molar-refractivity contribution in [2.24, 2.45) is 0 Å². The van der Waals surface area contributed by atoms with Gasteiger partial charge in [-0.05, 0) is 42.2 Å². The van der Waals surface area contributed by atoms with Crippen molar-refractivity contribution in [2.45, 2.75) is 19.9 Å². The van der Waals surface area contributed by atoms with E-state index in [0.29, 0.717) is 43.1 Å². The molecule has 3 aromatic rings. The van der Waals surface area contributed by atoms with Gasteiger partial charge < -0.3 is 9.64 Å². The summed E-state index contributed by atoms with van der Waals surface area (Å²) in [4.78, 5) is 30.6. The van der Waals surface area contributed by atoms with Gasteiger partial charge in [-0.3, -0.25) is 14.5 Å². The van der Waals surface area contributed by atoms with Crippen LogP contribution in [0.3, 0.4) is 0 Å². The number of rotatable bonds is 9. The minimum Gasteiger partial charge on any atom is -0.497 e. The Morgan fingerprint density at radius 2 is 1.39 bits per heavy atom. The van der Waals surface area contributed by atoms with Crippen molar-refractivity contribution in [1.82, 2.24) is 9.80 Å². The van der Waals surface area contributed by atoms with Crippen molar-refractivity contribution < 1.29 is 14.3 Å². The average Bonchev–Trinajstić information content (AvgIpc) is 3.11. The van der Waals surface area contributed by atoms with Gasteiger partial charge in [0.15, 0.2) is 0 Å². The summed E-state index contributed by atoms with van der Waals surface area (Å²) in [5, 5.41) is 0. The topological polar surface area (TPSA) is 49.9 Å². The third-order valence-corrected chi connectivity index (χ3v) is 5.90. The highest BCUT2D eigenvalue weighted by molar-refractivity contribution is 6.35. The van der Waals surface area contributed by atoms with E-state index in [9.17, 15) is 9.59 Å². The summed E-state index contributed by atoms with van der Waals surface area (Å²) in [6.07, 6.45) is 0.617. The maximum absolute atomic E-state index is 13.6. The molecule has 0 bridgehead atoms. The maximum atomic E-state index is 13.6. The first-order valence-corrected chi connectivity index (χ1v) is 11.2. The molecule has 5 nitrogen and oxygen atoms in total. The van der Waals surface area contributed by atoms with Crippen LogP contribution in [0.1, 0.15) is 23.6 Å². The van der Waals surface area contributed by atoms with Crippen LogP contribution < -0.4 is 4.74 Å². The molecule has 0 saturated heterocycles. The first kappa shape index (κ1) is 22.3. The van der Waals surface area contributed by atoms with Gasteiger partial charge in [0.25, 0.3) is 11.8 Å². The standard InChI is InChI=1S/C28H28N2O3/c1-3-29(20-22-12-8-5-9-13-22)26-25(23-14-16-24(33-2)17-15-23)27(31)30(28(26)32)19-18-21-10-6-4-7-11-21/h4-17H,3,18-20H2,1-2H3. The fourth-order valence-corrected chi connectivity index (χ4v) is 4.12.